The lowest BCUT2D eigenvalue weighted by molar-refractivity contribution is 0.0554. The largest absolute Gasteiger partial charge is 0.389 e. The van der Waals surface area contributed by atoms with E-state index in [0.29, 0.717) is 0 Å². The number of hydrogen-bond donors (Lipinski definition) is 3. The Morgan fingerprint density at radius 2 is 2.32 bits per heavy atom. The molecular weight excluding hydrogens is 272 g/mol. The molecule has 1 unspecified atom stereocenters. The number of aromatic nitrogens is 1. The van der Waals surface area contributed by atoms with Gasteiger partial charge in [0, 0.05) is 26.9 Å². The highest BCUT2D eigenvalue weighted by Gasteiger charge is 2.26. The number of nitrogen functional groups attached to an aromatic ring is 1. The van der Waals surface area contributed by atoms with Crippen LogP contribution in [-0.2, 0) is 14.8 Å². The molecule has 0 amide bonds. The first-order valence-corrected chi connectivity index (χ1v) is 6.92. The van der Waals surface area contributed by atoms with E-state index >= 15 is 0 Å². The Hall–Kier alpha value is -1.26. The highest BCUT2D eigenvalue weighted by molar-refractivity contribution is 7.89. The third-order valence-corrected chi connectivity index (χ3v) is 4.19. The van der Waals surface area contributed by atoms with Gasteiger partial charge in [-0.25, -0.2) is 13.4 Å². The average molecular weight is 290 g/mol. The highest BCUT2D eigenvalue weighted by atomic mass is 32.2. The van der Waals surface area contributed by atoms with Gasteiger partial charge in [0.25, 0.3) is 10.0 Å². The molecule has 0 saturated carbocycles. The second-order valence-corrected chi connectivity index (χ2v) is 5.86. The van der Waals surface area contributed by atoms with Gasteiger partial charge in [0.05, 0.1) is 18.4 Å². The van der Waals surface area contributed by atoms with Crippen LogP contribution in [0.1, 0.15) is 0 Å². The molecular formula is C10H18N4O4S. The van der Waals surface area contributed by atoms with Crippen LogP contribution in [0.3, 0.4) is 0 Å². The summed E-state index contributed by atoms with van der Waals surface area (Å²) in [6, 6.07) is 3.06. The molecule has 0 aliphatic heterocycles. The fraction of sp³-hybridized carbons (Fsp3) is 0.500. The van der Waals surface area contributed by atoms with E-state index in [2.05, 4.69) is 10.4 Å². The molecule has 0 aromatic carbocycles. The van der Waals surface area contributed by atoms with Gasteiger partial charge >= 0.3 is 0 Å². The maximum absolute atomic E-state index is 12.3. The van der Waals surface area contributed by atoms with E-state index in [1.165, 1.54) is 26.4 Å². The minimum Gasteiger partial charge on any atom is -0.389 e. The number of aliphatic hydroxyl groups is 1. The van der Waals surface area contributed by atoms with Gasteiger partial charge in [-0.1, -0.05) is 0 Å². The van der Waals surface area contributed by atoms with Gasteiger partial charge < -0.3 is 15.3 Å². The molecule has 1 aromatic heterocycles. The molecule has 4 N–H and O–H groups in total. The molecule has 0 fully saturated rings. The Morgan fingerprint density at radius 1 is 1.63 bits per heavy atom. The van der Waals surface area contributed by atoms with E-state index < -0.39 is 16.1 Å². The number of hydrogen-bond acceptors (Lipinski definition) is 7. The van der Waals surface area contributed by atoms with Crippen LogP contribution in [-0.4, -0.2) is 56.2 Å². The van der Waals surface area contributed by atoms with Crippen molar-refractivity contribution < 1.29 is 18.3 Å². The van der Waals surface area contributed by atoms with Gasteiger partial charge in [0.15, 0.2) is 5.03 Å². The second-order valence-electron chi connectivity index (χ2n) is 3.90. The number of ether oxygens (including phenoxy) is 1. The Balaban J connectivity index is 2.97. The summed E-state index contributed by atoms with van der Waals surface area (Å²) in [6.07, 6.45) is 0.440. The number of nitrogens with one attached hydrogen (secondary N) is 1. The summed E-state index contributed by atoms with van der Waals surface area (Å²) in [7, 11) is -1.06. The van der Waals surface area contributed by atoms with Crippen molar-refractivity contribution in [2.24, 2.45) is 5.84 Å². The van der Waals surface area contributed by atoms with E-state index in [9.17, 15) is 13.5 Å². The predicted molar refractivity (Wildman–Crippen MR) is 69.7 cm³/mol. The first-order chi connectivity index (χ1) is 8.93. The minimum atomic E-state index is -3.83. The summed E-state index contributed by atoms with van der Waals surface area (Å²) in [5.41, 5.74) is 2.47. The summed E-state index contributed by atoms with van der Waals surface area (Å²) in [5.74, 6) is 5.25. The monoisotopic (exact) mass is 290 g/mol. The molecule has 0 saturated heterocycles. The molecule has 8 nitrogen and oxygen atoms in total. The predicted octanol–water partition coefficient (Wildman–Crippen LogP) is -1.00. The van der Waals surface area contributed by atoms with Crippen molar-refractivity contribution in [1.29, 1.82) is 0 Å². The van der Waals surface area contributed by atoms with Gasteiger partial charge in [-0.05, 0) is 12.1 Å². The van der Waals surface area contributed by atoms with Crippen molar-refractivity contribution >= 4 is 15.7 Å². The van der Waals surface area contributed by atoms with Crippen LogP contribution in [0.15, 0.2) is 23.4 Å². The summed E-state index contributed by atoms with van der Waals surface area (Å²) in [6.45, 7) is -0.0547. The Labute approximate surface area is 112 Å². The number of likely N-dealkylation sites (N-methyl/N-ethyl adjacent to an activating group) is 1. The van der Waals surface area contributed by atoms with Crippen molar-refractivity contribution in [3.63, 3.8) is 0 Å². The Bertz CT molecular complexity index is 508. The first kappa shape index (κ1) is 15.8. The number of nitrogens with zero attached hydrogens (tertiary/aromatic N) is 2. The molecule has 0 aliphatic carbocycles. The molecule has 0 spiro atoms. The van der Waals surface area contributed by atoms with Crippen LogP contribution < -0.4 is 11.3 Å². The van der Waals surface area contributed by atoms with Crippen molar-refractivity contribution in [3.8, 4) is 0 Å². The minimum absolute atomic E-state index is 0.0457. The molecule has 0 radical (unpaired) electrons. The quantitative estimate of drug-likeness (QED) is 0.435. The van der Waals surface area contributed by atoms with Crippen LogP contribution in [0.4, 0.5) is 5.69 Å². The molecule has 0 aliphatic rings. The molecule has 1 rings (SSSR count). The lowest BCUT2D eigenvalue weighted by Crippen LogP contribution is -2.37. The van der Waals surface area contributed by atoms with Crippen molar-refractivity contribution in [3.05, 3.63) is 18.3 Å². The third kappa shape index (κ3) is 3.85. The van der Waals surface area contributed by atoms with E-state index in [4.69, 9.17) is 10.6 Å². The lowest BCUT2D eigenvalue weighted by Gasteiger charge is -2.20. The van der Waals surface area contributed by atoms with Crippen molar-refractivity contribution in [2.45, 2.75) is 11.1 Å². The van der Waals surface area contributed by atoms with Gasteiger partial charge in [-0.2, -0.15) is 4.31 Å². The number of nitrogens with two attached hydrogens (primary N) is 1. The zero-order valence-corrected chi connectivity index (χ0v) is 11.6. The molecule has 19 heavy (non-hydrogen) atoms. The zero-order chi connectivity index (χ0) is 14.5. The van der Waals surface area contributed by atoms with Gasteiger partial charge in [0.2, 0.25) is 0 Å². The van der Waals surface area contributed by atoms with E-state index in [1.54, 1.807) is 6.07 Å². The number of anilines is 1. The number of rotatable bonds is 7. The van der Waals surface area contributed by atoms with Crippen LogP contribution in [0, 0.1) is 0 Å². The summed E-state index contributed by atoms with van der Waals surface area (Å²) >= 11 is 0. The number of methoxy groups -OCH3 is 1. The maximum Gasteiger partial charge on any atom is 0.262 e. The summed E-state index contributed by atoms with van der Waals surface area (Å²) in [5, 5.41) is 9.37. The van der Waals surface area contributed by atoms with Gasteiger partial charge in [-0.15, -0.1) is 0 Å². The van der Waals surface area contributed by atoms with Crippen molar-refractivity contribution in [2.75, 3.05) is 32.7 Å². The zero-order valence-electron chi connectivity index (χ0n) is 10.8. The molecule has 9 heteroatoms. The maximum atomic E-state index is 12.3. The third-order valence-electron chi connectivity index (χ3n) is 2.41. The van der Waals surface area contributed by atoms with Crippen LogP contribution in [0.2, 0.25) is 0 Å². The van der Waals surface area contributed by atoms with E-state index in [0.717, 1.165) is 4.31 Å². The standard InChI is InChI=1S/C10H18N4O4S/c1-14(6-8(15)7-18-2)19(16,17)10-9(13-11)4-3-5-12-10/h3-5,8,13,15H,6-7,11H2,1-2H3. The van der Waals surface area contributed by atoms with Gasteiger partial charge in [-0.3, -0.25) is 5.84 Å². The molecule has 1 aromatic rings. The Kier molecular flexibility index (Phi) is 5.63. The van der Waals surface area contributed by atoms with Crippen LogP contribution >= 0.6 is 0 Å². The smallest absolute Gasteiger partial charge is 0.262 e. The van der Waals surface area contributed by atoms with Crippen LogP contribution in [0.25, 0.3) is 0 Å². The molecule has 108 valence electrons. The second kappa shape index (κ2) is 6.78. The number of sulfonamides is 1. The fourth-order valence-corrected chi connectivity index (χ4v) is 2.76. The normalized spacial score (nSPS) is 13.5. The van der Waals surface area contributed by atoms with Crippen LogP contribution in [0.5, 0.6) is 0 Å². The number of pyridine rings is 1. The summed E-state index contributed by atoms with van der Waals surface area (Å²) in [4.78, 5) is 3.81. The lowest BCUT2D eigenvalue weighted by atomic mass is 10.4. The number of hydrazine groups is 1. The molecule has 1 heterocycles. The highest BCUT2D eigenvalue weighted by Crippen LogP contribution is 2.20. The fourth-order valence-electron chi connectivity index (χ4n) is 1.49. The SMILES string of the molecule is COCC(O)CN(C)S(=O)(=O)c1ncccc1NN. The summed E-state index contributed by atoms with van der Waals surface area (Å²) < 4.78 is 30.3. The first-order valence-electron chi connectivity index (χ1n) is 5.48. The topological polar surface area (TPSA) is 118 Å². The van der Waals surface area contributed by atoms with Crippen molar-refractivity contribution in [1.82, 2.24) is 9.29 Å². The Morgan fingerprint density at radius 3 is 2.89 bits per heavy atom. The average Bonchev–Trinajstić information content (AvgIpc) is 2.38. The van der Waals surface area contributed by atoms with Gasteiger partial charge in [0.1, 0.15) is 0 Å². The number of aliphatic hydroxyl groups excluding tert-OH is 1. The molecule has 1 atom stereocenters. The van der Waals surface area contributed by atoms with E-state index in [-0.39, 0.29) is 23.9 Å². The molecule has 0 bridgehead atoms. The van der Waals surface area contributed by atoms with E-state index in [1.807, 2.05) is 0 Å².